The quantitative estimate of drug-likeness (QED) is 0.795. The van der Waals surface area contributed by atoms with E-state index in [1.807, 2.05) is 13.0 Å². The molecule has 0 aliphatic heterocycles. The Morgan fingerprint density at radius 3 is 2.65 bits per heavy atom. The number of carbonyl (C=O) groups is 2. The molecule has 0 spiro atoms. The number of aryl methyl sites for hydroxylation is 2. The van der Waals surface area contributed by atoms with Crippen LogP contribution in [0.25, 0.3) is 10.8 Å². The molecule has 0 atom stereocenters. The van der Waals surface area contributed by atoms with Gasteiger partial charge >= 0.3 is 6.03 Å². The molecule has 5 heteroatoms. The average Bonchev–Trinajstić information content (AvgIpc) is 2.97. The number of imide groups is 1. The summed E-state index contributed by atoms with van der Waals surface area (Å²) in [6.45, 7) is 2.58. The Balaban J connectivity index is 1.66. The third kappa shape index (κ3) is 3.28. The second-order valence-corrected chi connectivity index (χ2v) is 5.77. The Morgan fingerprint density at radius 1 is 1.09 bits per heavy atom. The van der Waals surface area contributed by atoms with Crippen LogP contribution in [-0.2, 0) is 17.6 Å². The Bertz CT molecular complexity index is 745. The summed E-state index contributed by atoms with van der Waals surface area (Å²) in [6.07, 6.45) is 2.99. The van der Waals surface area contributed by atoms with Crippen LogP contribution in [0.2, 0.25) is 0 Å². The van der Waals surface area contributed by atoms with Crippen LogP contribution in [0.3, 0.4) is 0 Å². The molecule has 0 heterocycles. The molecule has 1 aliphatic carbocycles. The van der Waals surface area contributed by atoms with Crippen molar-refractivity contribution in [3.8, 4) is 0 Å². The van der Waals surface area contributed by atoms with Gasteiger partial charge in [-0.2, -0.15) is 0 Å². The molecule has 0 aromatic heterocycles. The topological polar surface area (TPSA) is 70.2 Å². The zero-order valence-corrected chi connectivity index (χ0v) is 13.2. The van der Waals surface area contributed by atoms with Crippen LogP contribution in [0.1, 0.15) is 24.5 Å². The van der Waals surface area contributed by atoms with E-state index in [2.05, 4.69) is 40.2 Å². The van der Waals surface area contributed by atoms with Crippen LogP contribution in [0.15, 0.2) is 30.3 Å². The molecule has 3 N–H and O–H groups in total. The van der Waals surface area contributed by atoms with Crippen molar-refractivity contribution in [2.45, 2.75) is 26.2 Å². The normalized spacial score (nSPS) is 12.2. The Morgan fingerprint density at radius 2 is 1.87 bits per heavy atom. The smallest absolute Gasteiger partial charge is 0.321 e. The van der Waals surface area contributed by atoms with E-state index < -0.39 is 6.03 Å². The van der Waals surface area contributed by atoms with E-state index in [4.69, 9.17) is 0 Å². The first-order valence-corrected chi connectivity index (χ1v) is 8.04. The second-order valence-electron chi connectivity index (χ2n) is 5.77. The van der Waals surface area contributed by atoms with E-state index >= 15 is 0 Å². The number of benzene rings is 2. The van der Waals surface area contributed by atoms with Gasteiger partial charge in [0.2, 0.25) is 5.91 Å². The summed E-state index contributed by atoms with van der Waals surface area (Å²) in [6, 6.07) is 9.97. The highest BCUT2D eigenvalue weighted by molar-refractivity contribution is 6.01. The molecule has 0 unspecified atom stereocenters. The van der Waals surface area contributed by atoms with Gasteiger partial charge in [0.05, 0.1) is 6.54 Å². The van der Waals surface area contributed by atoms with Crippen molar-refractivity contribution >= 4 is 28.4 Å². The number of urea groups is 1. The van der Waals surface area contributed by atoms with Gasteiger partial charge in [0, 0.05) is 17.6 Å². The molecule has 23 heavy (non-hydrogen) atoms. The summed E-state index contributed by atoms with van der Waals surface area (Å²) in [5.41, 5.74) is 3.66. The lowest BCUT2D eigenvalue weighted by Gasteiger charge is -2.11. The lowest BCUT2D eigenvalue weighted by Crippen LogP contribution is -2.42. The number of rotatable bonds is 5. The molecular weight excluding hydrogens is 290 g/mol. The van der Waals surface area contributed by atoms with Crippen molar-refractivity contribution in [2.24, 2.45) is 0 Å². The van der Waals surface area contributed by atoms with Crippen molar-refractivity contribution in [2.75, 3.05) is 18.4 Å². The number of nitrogens with one attached hydrogen (secondary N) is 3. The Hall–Kier alpha value is -2.56. The molecular formula is C18H21N3O2. The molecule has 120 valence electrons. The molecule has 1 aliphatic rings. The molecule has 0 radical (unpaired) electrons. The third-order valence-electron chi connectivity index (χ3n) is 4.10. The lowest BCUT2D eigenvalue weighted by atomic mass is 10.0. The lowest BCUT2D eigenvalue weighted by molar-refractivity contribution is -0.118. The fourth-order valence-corrected chi connectivity index (χ4v) is 3.03. The van der Waals surface area contributed by atoms with Gasteiger partial charge < -0.3 is 10.6 Å². The zero-order valence-electron chi connectivity index (χ0n) is 13.2. The molecule has 5 nitrogen and oxygen atoms in total. The summed E-state index contributed by atoms with van der Waals surface area (Å²) >= 11 is 0. The van der Waals surface area contributed by atoms with Gasteiger partial charge in [0.1, 0.15) is 0 Å². The highest BCUT2D eigenvalue weighted by atomic mass is 16.2. The van der Waals surface area contributed by atoms with Crippen LogP contribution in [0, 0.1) is 0 Å². The van der Waals surface area contributed by atoms with Crippen molar-refractivity contribution in [3.63, 3.8) is 0 Å². The van der Waals surface area contributed by atoms with Crippen LogP contribution < -0.4 is 16.0 Å². The first-order valence-electron chi connectivity index (χ1n) is 8.04. The van der Waals surface area contributed by atoms with E-state index in [1.165, 1.54) is 16.5 Å². The fourth-order valence-electron chi connectivity index (χ4n) is 3.03. The largest absolute Gasteiger partial charge is 0.376 e. The van der Waals surface area contributed by atoms with Gasteiger partial charge in [-0.15, -0.1) is 0 Å². The van der Waals surface area contributed by atoms with Crippen LogP contribution >= 0.6 is 0 Å². The van der Waals surface area contributed by atoms with E-state index in [1.54, 1.807) is 0 Å². The predicted molar refractivity (Wildman–Crippen MR) is 91.7 cm³/mol. The third-order valence-corrected chi connectivity index (χ3v) is 4.10. The molecule has 0 saturated heterocycles. The molecule has 2 aromatic rings. The minimum Gasteiger partial charge on any atom is -0.376 e. The summed E-state index contributed by atoms with van der Waals surface area (Å²) in [7, 11) is 0. The van der Waals surface area contributed by atoms with Gasteiger partial charge in [0.15, 0.2) is 0 Å². The summed E-state index contributed by atoms with van der Waals surface area (Å²) in [5.74, 6) is -0.346. The zero-order chi connectivity index (χ0) is 16.2. The highest BCUT2D eigenvalue weighted by Crippen LogP contribution is 2.34. The van der Waals surface area contributed by atoms with Crippen LogP contribution in [0.4, 0.5) is 10.5 Å². The van der Waals surface area contributed by atoms with Crippen molar-refractivity contribution in [3.05, 3.63) is 41.5 Å². The standard InChI is InChI=1S/C18H21N3O2/c1-2-10-19-18(23)21-16(22)11-20-15-9-8-13-7-6-12-4-3-5-14(15)17(12)13/h3-5,8-9,20H,2,6-7,10-11H2,1H3,(H2,19,21,22,23). The average molecular weight is 311 g/mol. The molecule has 0 saturated carbocycles. The number of hydrogen-bond donors (Lipinski definition) is 3. The van der Waals surface area contributed by atoms with Crippen molar-refractivity contribution in [1.82, 2.24) is 10.6 Å². The van der Waals surface area contributed by atoms with Gasteiger partial charge in [-0.25, -0.2) is 4.79 Å². The SMILES string of the molecule is CCCNC(=O)NC(=O)CNc1ccc2c3c(cccc13)CC2. The van der Waals surface area contributed by atoms with E-state index in [-0.39, 0.29) is 12.5 Å². The van der Waals surface area contributed by atoms with E-state index in [0.29, 0.717) is 6.54 Å². The monoisotopic (exact) mass is 311 g/mol. The minimum absolute atomic E-state index is 0.0677. The van der Waals surface area contributed by atoms with Crippen molar-refractivity contribution in [1.29, 1.82) is 0 Å². The Labute approximate surface area is 135 Å². The summed E-state index contributed by atoms with van der Waals surface area (Å²) in [5, 5.41) is 10.5. The summed E-state index contributed by atoms with van der Waals surface area (Å²) in [4.78, 5) is 23.3. The first kappa shape index (κ1) is 15.3. The first-order chi connectivity index (χ1) is 11.2. The fraction of sp³-hybridized carbons (Fsp3) is 0.333. The van der Waals surface area contributed by atoms with Crippen molar-refractivity contribution < 1.29 is 9.59 Å². The van der Waals surface area contributed by atoms with Crippen LogP contribution in [-0.4, -0.2) is 25.0 Å². The van der Waals surface area contributed by atoms with Gasteiger partial charge in [0.25, 0.3) is 0 Å². The second kappa shape index (κ2) is 6.69. The molecule has 2 aromatic carbocycles. The van der Waals surface area contributed by atoms with Gasteiger partial charge in [-0.3, -0.25) is 10.1 Å². The molecule has 3 rings (SSSR count). The van der Waals surface area contributed by atoms with E-state index in [0.717, 1.165) is 30.3 Å². The Kier molecular flexibility index (Phi) is 4.46. The maximum Gasteiger partial charge on any atom is 0.321 e. The minimum atomic E-state index is -0.445. The molecule has 3 amide bonds. The van der Waals surface area contributed by atoms with Gasteiger partial charge in [-0.05, 0) is 41.8 Å². The molecule has 0 fully saturated rings. The van der Waals surface area contributed by atoms with E-state index in [9.17, 15) is 9.59 Å². The van der Waals surface area contributed by atoms with Gasteiger partial charge in [-0.1, -0.05) is 31.2 Å². The maximum absolute atomic E-state index is 11.8. The number of anilines is 1. The number of amides is 3. The number of carbonyl (C=O) groups excluding carboxylic acids is 2. The van der Waals surface area contributed by atoms with Crippen LogP contribution in [0.5, 0.6) is 0 Å². The molecule has 0 bridgehead atoms. The summed E-state index contributed by atoms with van der Waals surface area (Å²) < 4.78 is 0. The predicted octanol–water partition coefficient (Wildman–Crippen LogP) is 2.59. The maximum atomic E-state index is 11.8. The number of hydrogen-bond acceptors (Lipinski definition) is 3. The highest BCUT2D eigenvalue weighted by Gasteiger charge is 2.16.